The fourth-order valence-corrected chi connectivity index (χ4v) is 2.02. The van der Waals surface area contributed by atoms with Crippen LogP contribution in [-0.4, -0.2) is 21.5 Å². The number of nitrogens with two attached hydrogens (primary N) is 1. The molecule has 0 bridgehead atoms. The van der Waals surface area contributed by atoms with Crippen LogP contribution in [0.3, 0.4) is 0 Å². The minimum Gasteiger partial charge on any atom is -0.508 e. The van der Waals surface area contributed by atoms with E-state index in [1.807, 2.05) is 0 Å². The van der Waals surface area contributed by atoms with E-state index in [0.717, 1.165) is 0 Å². The van der Waals surface area contributed by atoms with Crippen molar-refractivity contribution in [3.05, 3.63) is 56.4 Å². The van der Waals surface area contributed by atoms with Crippen molar-refractivity contribution in [1.82, 2.24) is 0 Å². The third-order valence-corrected chi connectivity index (χ3v) is 3.11. The summed E-state index contributed by atoms with van der Waals surface area (Å²) in [5.74, 6) is -0.686. The van der Waals surface area contributed by atoms with Crippen LogP contribution >= 0.6 is 11.6 Å². The standard InChI is InChI=1S/C13H10ClN3O4/c1-6-4-10(19)11(15)13(17(20)21)12(6)16-9-3-2-7(18)5-8(9)14/h2-5,18H,15H2,1H3. The van der Waals surface area contributed by atoms with Gasteiger partial charge in [-0.1, -0.05) is 11.6 Å². The summed E-state index contributed by atoms with van der Waals surface area (Å²) >= 11 is 5.92. The van der Waals surface area contributed by atoms with Crippen LogP contribution in [0.5, 0.6) is 5.75 Å². The van der Waals surface area contributed by atoms with Crippen molar-refractivity contribution in [2.24, 2.45) is 10.7 Å². The molecule has 0 fully saturated rings. The maximum absolute atomic E-state index is 11.6. The molecule has 1 aliphatic rings. The number of nitro groups is 1. The van der Waals surface area contributed by atoms with Gasteiger partial charge in [0.15, 0.2) is 5.70 Å². The molecule has 0 heterocycles. The molecule has 3 N–H and O–H groups in total. The normalized spacial score (nSPS) is 17.1. The van der Waals surface area contributed by atoms with E-state index in [2.05, 4.69) is 4.99 Å². The zero-order valence-electron chi connectivity index (χ0n) is 10.8. The number of phenols is 1. The maximum Gasteiger partial charge on any atom is 0.321 e. The summed E-state index contributed by atoms with van der Waals surface area (Å²) in [6.45, 7) is 1.51. The van der Waals surface area contributed by atoms with Crippen molar-refractivity contribution in [2.75, 3.05) is 0 Å². The van der Waals surface area contributed by atoms with Gasteiger partial charge in [-0.25, -0.2) is 4.99 Å². The number of aliphatic imine (C=N–C) groups is 1. The first-order chi connectivity index (χ1) is 9.81. The molecule has 7 nitrogen and oxygen atoms in total. The fraction of sp³-hybridized carbons (Fsp3) is 0.0769. The molecule has 0 atom stereocenters. The van der Waals surface area contributed by atoms with Crippen molar-refractivity contribution >= 4 is 28.8 Å². The molecule has 1 aromatic rings. The van der Waals surface area contributed by atoms with Crippen molar-refractivity contribution in [3.63, 3.8) is 0 Å². The smallest absolute Gasteiger partial charge is 0.321 e. The van der Waals surface area contributed by atoms with Gasteiger partial charge in [0.05, 0.1) is 15.6 Å². The van der Waals surface area contributed by atoms with E-state index >= 15 is 0 Å². The minimum absolute atomic E-state index is 0.0373. The Labute approximate surface area is 124 Å². The second kappa shape index (κ2) is 5.37. The second-order valence-corrected chi connectivity index (χ2v) is 4.71. The Morgan fingerprint density at radius 1 is 1.43 bits per heavy atom. The van der Waals surface area contributed by atoms with Gasteiger partial charge in [0.1, 0.15) is 11.5 Å². The summed E-state index contributed by atoms with van der Waals surface area (Å²) in [6.07, 6.45) is 1.18. The number of hydrogen-bond acceptors (Lipinski definition) is 6. The minimum atomic E-state index is -0.753. The molecule has 8 heteroatoms. The molecule has 0 unspecified atom stereocenters. The van der Waals surface area contributed by atoms with Crippen molar-refractivity contribution in [3.8, 4) is 5.75 Å². The maximum atomic E-state index is 11.6. The average molecular weight is 308 g/mol. The van der Waals surface area contributed by atoms with Gasteiger partial charge in [0, 0.05) is 6.07 Å². The van der Waals surface area contributed by atoms with Gasteiger partial charge in [0.25, 0.3) is 0 Å². The van der Waals surface area contributed by atoms with Crippen LogP contribution in [0.4, 0.5) is 5.69 Å². The van der Waals surface area contributed by atoms with Gasteiger partial charge >= 0.3 is 5.70 Å². The Morgan fingerprint density at radius 3 is 2.67 bits per heavy atom. The first-order valence-corrected chi connectivity index (χ1v) is 6.13. The lowest BCUT2D eigenvalue weighted by Gasteiger charge is -2.12. The van der Waals surface area contributed by atoms with Gasteiger partial charge in [-0.05, 0) is 30.7 Å². The highest BCUT2D eigenvalue weighted by atomic mass is 35.5. The highest BCUT2D eigenvalue weighted by Gasteiger charge is 2.32. The van der Waals surface area contributed by atoms with E-state index in [1.54, 1.807) is 0 Å². The van der Waals surface area contributed by atoms with E-state index in [4.69, 9.17) is 17.3 Å². The third kappa shape index (κ3) is 2.77. The molecule has 2 rings (SSSR count). The van der Waals surface area contributed by atoms with E-state index in [1.165, 1.54) is 31.2 Å². The molecule has 0 saturated carbocycles. The van der Waals surface area contributed by atoms with Crippen molar-refractivity contribution < 1.29 is 14.8 Å². The summed E-state index contributed by atoms with van der Waals surface area (Å²) in [6, 6.07) is 4.01. The Morgan fingerprint density at radius 2 is 2.10 bits per heavy atom. The summed E-state index contributed by atoms with van der Waals surface area (Å²) in [4.78, 5) is 26.0. The zero-order valence-corrected chi connectivity index (χ0v) is 11.6. The monoisotopic (exact) mass is 307 g/mol. The van der Waals surface area contributed by atoms with E-state index in [0.29, 0.717) is 5.57 Å². The molecule has 0 aliphatic heterocycles. The average Bonchev–Trinajstić information content (AvgIpc) is 2.38. The van der Waals surface area contributed by atoms with Gasteiger partial charge in [-0.3, -0.25) is 14.9 Å². The lowest BCUT2D eigenvalue weighted by atomic mass is 9.98. The quantitative estimate of drug-likeness (QED) is 0.492. The number of rotatable bonds is 2. The van der Waals surface area contributed by atoms with Crippen LogP contribution in [0.15, 0.2) is 46.2 Å². The molecule has 0 saturated heterocycles. The Kier molecular flexibility index (Phi) is 3.77. The van der Waals surface area contributed by atoms with Gasteiger partial charge in [0.2, 0.25) is 5.78 Å². The number of ketones is 1. The Bertz CT molecular complexity index is 750. The number of carbonyl (C=O) groups excluding carboxylic acids is 1. The summed E-state index contributed by atoms with van der Waals surface area (Å²) in [5, 5.41) is 20.5. The topological polar surface area (TPSA) is 119 Å². The Balaban J connectivity index is 2.64. The van der Waals surface area contributed by atoms with E-state index < -0.39 is 22.1 Å². The number of halogens is 1. The molecule has 108 valence electrons. The van der Waals surface area contributed by atoms with Crippen molar-refractivity contribution in [1.29, 1.82) is 0 Å². The van der Waals surface area contributed by atoms with Crippen LogP contribution < -0.4 is 5.73 Å². The predicted octanol–water partition coefficient (Wildman–Crippen LogP) is 2.09. The van der Waals surface area contributed by atoms with Crippen molar-refractivity contribution in [2.45, 2.75) is 6.92 Å². The SMILES string of the molecule is CC1=CC(=O)C(N)=C([N+](=O)[O-])C1=Nc1ccc(O)cc1Cl. The van der Waals surface area contributed by atoms with Gasteiger partial charge in [-0.15, -0.1) is 0 Å². The van der Waals surface area contributed by atoms with Crippen LogP contribution in [0.2, 0.25) is 5.02 Å². The fourth-order valence-electron chi connectivity index (χ4n) is 1.81. The van der Waals surface area contributed by atoms with Gasteiger partial charge < -0.3 is 10.8 Å². The molecule has 0 amide bonds. The van der Waals surface area contributed by atoms with E-state index in [9.17, 15) is 20.0 Å². The zero-order chi connectivity index (χ0) is 15.7. The first-order valence-electron chi connectivity index (χ1n) is 5.76. The number of hydrogen-bond donors (Lipinski definition) is 2. The number of aromatic hydroxyl groups is 1. The van der Waals surface area contributed by atoms with Crippen LogP contribution in [0.1, 0.15) is 6.92 Å². The molecular weight excluding hydrogens is 298 g/mol. The molecule has 1 aliphatic carbocycles. The largest absolute Gasteiger partial charge is 0.508 e. The van der Waals surface area contributed by atoms with Crippen LogP contribution in [0, 0.1) is 10.1 Å². The molecule has 21 heavy (non-hydrogen) atoms. The summed E-state index contributed by atoms with van der Waals surface area (Å²) in [7, 11) is 0. The molecular formula is C13H10ClN3O4. The number of nitrogens with zero attached hydrogens (tertiary/aromatic N) is 2. The van der Waals surface area contributed by atoms with Crippen LogP contribution in [-0.2, 0) is 4.79 Å². The summed E-state index contributed by atoms with van der Waals surface area (Å²) < 4.78 is 0. The first kappa shape index (κ1) is 14.7. The third-order valence-electron chi connectivity index (χ3n) is 2.81. The predicted molar refractivity (Wildman–Crippen MR) is 77.2 cm³/mol. The molecule has 0 radical (unpaired) electrons. The number of allylic oxidation sites excluding steroid dienone is 2. The molecule has 0 spiro atoms. The van der Waals surface area contributed by atoms with Gasteiger partial charge in [-0.2, -0.15) is 0 Å². The summed E-state index contributed by atoms with van der Waals surface area (Å²) in [5.41, 5.74) is 4.95. The molecule has 0 aromatic heterocycles. The number of benzene rings is 1. The second-order valence-electron chi connectivity index (χ2n) is 4.31. The number of phenolic OH excluding ortho intramolecular Hbond substituents is 1. The highest BCUT2D eigenvalue weighted by molar-refractivity contribution is 6.33. The lowest BCUT2D eigenvalue weighted by Crippen LogP contribution is -2.27. The highest BCUT2D eigenvalue weighted by Crippen LogP contribution is 2.31. The van der Waals surface area contributed by atoms with E-state index in [-0.39, 0.29) is 22.2 Å². The Hall–Kier alpha value is -2.67. The van der Waals surface area contributed by atoms with Crippen LogP contribution in [0.25, 0.3) is 0 Å². The molecule has 1 aromatic carbocycles. The lowest BCUT2D eigenvalue weighted by molar-refractivity contribution is -0.416. The number of carbonyl (C=O) groups is 1.